The fourth-order valence-corrected chi connectivity index (χ4v) is 1.97. The summed E-state index contributed by atoms with van der Waals surface area (Å²) in [5.74, 6) is 0.573. The summed E-state index contributed by atoms with van der Waals surface area (Å²) < 4.78 is 0. The van der Waals surface area contributed by atoms with E-state index in [1.165, 1.54) is 0 Å². The van der Waals surface area contributed by atoms with Gasteiger partial charge in [0.2, 0.25) is 0 Å². The zero-order valence-electron chi connectivity index (χ0n) is 7.51. The van der Waals surface area contributed by atoms with Crippen molar-refractivity contribution in [2.75, 3.05) is 20.1 Å². The lowest BCUT2D eigenvalue weighted by atomic mass is 9.85. The molecule has 1 rings (SSSR count). The van der Waals surface area contributed by atoms with Gasteiger partial charge in [-0.25, -0.2) is 0 Å². The summed E-state index contributed by atoms with van der Waals surface area (Å²) in [6.07, 6.45) is 3.08. The van der Waals surface area contributed by atoms with Crippen molar-refractivity contribution in [2.45, 2.75) is 18.9 Å². The number of rotatable bonds is 1. The van der Waals surface area contributed by atoms with Crippen LogP contribution in [0.3, 0.4) is 0 Å². The number of hydrogen-bond acceptors (Lipinski definition) is 2. The second-order valence-corrected chi connectivity index (χ2v) is 4.05. The fraction of sp³-hybridized carbons (Fsp3) is 0.778. The third-order valence-electron chi connectivity index (χ3n) is 2.24. The van der Waals surface area contributed by atoms with Crippen molar-refractivity contribution in [3.05, 3.63) is 12.7 Å². The van der Waals surface area contributed by atoms with Crippen LogP contribution < -0.4 is 5.73 Å². The van der Waals surface area contributed by atoms with E-state index >= 15 is 0 Å². The summed E-state index contributed by atoms with van der Waals surface area (Å²) >= 11 is 0. The molecule has 0 bridgehead atoms. The highest BCUT2D eigenvalue weighted by atomic mass is 15.1. The van der Waals surface area contributed by atoms with E-state index in [1.807, 2.05) is 6.08 Å². The Morgan fingerprint density at radius 2 is 2.36 bits per heavy atom. The minimum Gasteiger partial charge on any atom is -0.324 e. The van der Waals surface area contributed by atoms with Crippen LogP contribution in [0.5, 0.6) is 0 Å². The molecular formula is C9H18N2. The Hall–Kier alpha value is -0.340. The number of likely N-dealkylation sites (tertiary alicyclic amines) is 1. The number of nitrogens with zero attached hydrogens (tertiary/aromatic N) is 1. The van der Waals surface area contributed by atoms with E-state index in [9.17, 15) is 0 Å². The molecule has 2 N–H and O–H groups in total. The van der Waals surface area contributed by atoms with Crippen LogP contribution in [0.15, 0.2) is 12.7 Å². The normalized spacial score (nSPS) is 40.5. The van der Waals surface area contributed by atoms with Gasteiger partial charge in [-0.3, -0.25) is 0 Å². The molecular weight excluding hydrogens is 136 g/mol. The quantitative estimate of drug-likeness (QED) is 0.567. The van der Waals surface area contributed by atoms with E-state index in [0.717, 1.165) is 19.5 Å². The molecule has 0 spiro atoms. The number of nitrogens with two attached hydrogens (primary N) is 1. The first kappa shape index (κ1) is 8.75. The van der Waals surface area contributed by atoms with Gasteiger partial charge in [0, 0.05) is 18.6 Å². The summed E-state index contributed by atoms with van der Waals surface area (Å²) in [6, 6.07) is 0. The molecule has 2 heteroatoms. The number of hydrogen-bond donors (Lipinski definition) is 1. The van der Waals surface area contributed by atoms with Crippen LogP contribution in [0.1, 0.15) is 13.3 Å². The Morgan fingerprint density at radius 1 is 1.73 bits per heavy atom. The predicted molar refractivity (Wildman–Crippen MR) is 48.4 cm³/mol. The van der Waals surface area contributed by atoms with Crippen molar-refractivity contribution < 1.29 is 0 Å². The molecule has 0 aromatic rings. The first-order chi connectivity index (χ1) is 5.03. The zero-order chi connectivity index (χ0) is 8.48. The van der Waals surface area contributed by atoms with Crippen LogP contribution in [0.4, 0.5) is 0 Å². The summed E-state index contributed by atoms with van der Waals surface area (Å²) in [6.45, 7) is 8.02. The molecule has 1 aliphatic heterocycles. The van der Waals surface area contributed by atoms with Crippen LogP contribution >= 0.6 is 0 Å². The standard InChI is InChI=1S/C9H18N2/c1-4-8-5-9(2,10)7-11(3)6-8/h4,8H,1,5-7,10H2,2-3H3/t8-,9+/m0/s1. The fourth-order valence-electron chi connectivity index (χ4n) is 1.97. The molecule has 1 saturated heterocycles. The minimum atomic E-state index is -0.0220. The SMILES string of the molecule is C=C[C@@H]1CN(C)C[C@](C)(N)C1. The number of likely N-dealkylation sites (N-methyl/N-ethyl adjacent to an activating group) is 1. The molecule has 64 valence electrons. The van der Waals surface area contributed by atoms with E-state index in [2.05, 4.69) is 25.5 Å². The highest BCUT2D eigenvalue weighted by Gasteiger charge is 2.29. The van der Waals surface area contributed by atoms with Crippen LogP contribution in [0.2, 0.25) is 0 Å². The van der Waals surface area contributed by atoms with Gasteiger partial charge in [0.25, 0.3) is 0 Å². The summed E-state index contributed by atoms with van der Waals surface area (Å²) in [4.78, 5) is 2.27. The van der Waals surface area contributed by atoms with Gasteiger partial charge in [-0.15, -0.1) is 6.58 Å². The summed E-state index contributed by atoms with van der Waals surface area (Å²) in [7, 11) is 2.11. The number of piperidine rings is 1. The van der Waals surface area contributed by atoms with Gasteiger partial charge in [-0.2, -0.15) is 0 Å². The van der Waals surface area contributed by atoms with E-state index < -0.39 is 0 Å². The maximum Gasteiger partial charge on any atom is 0.0260 e. The maximum absolute atomic E-state index is 6.04. The third-order valence-corrected chi connectivity index (χ3v) is 2.24. The van der Waals surface area contributed by atoms with Crippen molar-refractivity contribution in [2.24, 2.45) is 11.7 Å². The summed E-state index contributed by atoms with van der Waals surface area (Å²) in [5, 5.41) is 0. The minimum absolute atomic E-state index is 0.0220. The first-order valence-corrected chi connectivity index (χ1v) is 4.13. The second-order valence-electron chi connectivity index (χ2n) is 4.05. The van der Waals surface area contributed by atoms with Crippen molar-refractivity contribution in [3.63, 3.8) is 0 Å². The van der Waals surface area contributed by atoms with E-state index in [4.69, 9.17) is 5.73 Å². The van der Waals surface area contributed by atoms with Gasteiger partial charge in [0.15, 0.2) is 0 Å². The molecule has 0 aliphatic carbocycles. The molecule has 0 amide bonds. The van der Waals surface area contributed by atoms with Gasteiger partial charge in [-0.05, 0) is 26.3 Å². The lowest BCUT2D eigenvalue weighted by Crippen LogP contribution is -2.53. The van der Waals surface area contributed by atoms with Gasteiger partial charge >= 0.3 is 0 Å². The second kappa shape index (κ2) is 2.95. The van der Waals surface area contributed by atoms with E-state index in [1.54, 1.807) is 0 Å². The smallest absolute Gasteiger partial charge is 0.0260 e. The molecule has 0 radical (unpaired) electrons. The highest BCUT2D eigenvalue weighted by Crippen LogP contribution is 2.22. The highest BCUT2D eigenvalue weighted by molar-refractivity contribution is 4.96. The summed E-state index contributed by atoms with van der Waals surface area (Å²) in [5.41, 5.74) is 6.02. The molecule has 1 fully saturated rings. The Balaban J connectivity index is 2.57. The first-order valence-electron chi connectivity index (χ1n) is 4.13. The Bertz CT molecular complexity index is 152. The molecule has 0 unspecified atom stereocenters. The van der Waals surface area contributed by atoms with Gasteiger partial charge < -0.3 is 10.6 Å². The average molecular weight is 154 g/mol. The molecule has 0 aromatic heterocycles. The van der Waals surface area contributed by atoms with Crippen LogP contribution in [0, 0.1) is 5.92 Å². The topological polar surface area (TPSA) is 29.3 Å². The van der Waals surface area contributed by atoms with Crippen molar-refractivity contribution in [1.82, 2.24) is 4.90 Å². The van der Waals surface area contributed by atoms with E-state index in [-0.39, 0.29) is 5.54 Å². The van der Waals surface area contributed by atoms with E-state index in [0.29, 0.717) is 5.92 Å². The molecule has 1 heterocycles. The molecule has 2 nitrogen and oxygen atoms in total. The molecule has 2 atom stereocenters. The lowest BCUT2D eigenvalue weighted by Gasteiger charge is -2.39. The molecule has 0 aromatic carbocycles. The van der Waals surface area contributed by atoms with Crippen LogP contribution in [-0.2, 0) is 0 Å². The Labute approximate surface area is 69.1 Å². The van der Waals surface area contributed by atoms with Gasteiger partial charge in [0.05, 0.1) is 0 Å². The van der Waals surface area contributed by atoms with Crippen molar-refractivity contribution in [3.8, 4) is 0 Å². The maximum atomic E-state index is 6.04. The largest absolute Gasteiger partial charge is 0.324 e. The Kier molecular flexibility index (Phi) is 2.35. The predicted octanol–water partition coefficient (Wildman–Crippen LogP) is 0.842. The molecule has 1 aliphatic rings. The molecule has 11 heavy (non-hydrogen) atoms. The Morgan fingerprint density at radius 3 is 2.82 bits per heavy atom. The van der Waals surface area contributed by atoms with Gasteiger partial charge in [-0.1, -0.05) is 6.08 Å². The average Bonchev–Trinajstić information content (AvgIpc) is 1.83. The molecule has 0 saturated carbocycles. The van der Waals surface area contributed by atoms with Crippen LogP contribution in [0.25, 0.3) is 0 Å². The van der Waals surface area contributed by atoms with Crippen molar-refractivity contribution in [1.29, 1.82) is 0 Å². The lowest BCUT2D eigenvalue weighted by molar-refractivity contribution is 0.159. The third kappa shape index (κ3) is 2.31. The monoisotopic (exact) mass is 154 g/mol. The van der Waals surface area contributed by atoms with Crippen molar-refractivity contribution >= 4 is 0 Å². The zero-order valence-corrected chi connectivity index (χ0v) is 7.51. The van der Waals surface area contributed by atoms with Gasteiger partial charge in [0.1, 0.15) is 0 Å². The van der Waals surface area contributed by atoms with Crippen LogP contribution in [-0.4, -0.2) is 30.6 Å².